The van der Waals surface area contributed by atoms with Gasteiger partial charge in [-0.05, 0) is 37.0 Å². The summed E-state index contributed by atoms with van der Waals surface area (Å²) < 4.78 is 33.1. The molecule has 1 aromatic carbocycles. The summed E-state index contributed by atoms with van der Waals surface area (Å²) in [7, 11) is -3.98. The van der Waals surface area contributed by atoms with Crippen LogP contribution in [0.1, 0.15) is 23.2 Å². The molecule has 1 fully saturated rings. The predicted molar refractivity (Wildman–Crippen MR) is 76.7 cm³/mol. The maximum Gasteiger partial charge on any atom is 0.338 e. The number of nitrogens with two attached hydrogens (primary N) is 1. The van der Waals surface area contributed by atoms with E-state index in [1.54, 1.807) is 0 Å². The van der Waals surface area contributed by atoms with Crippen molar-refractivity contribution in [1.82, 2.24) is 0 Å². The molecule has 0 unspecified atom stereocenters. The van der Waals surface area contributed by atoms with Crippen LogP contribution >= 0.6 is 11.6 Å². The lowest BCUT2D eigenvalue weighted by Crippen LogP contribution is -2.22. The van der Waals surface area contributed by atoms with Crippen LogP contribution in [0.4, 0.5) is 0 Å². The fourth-order valence-electron chi connectivity index (χ4n) is 2.04. The summed E-state index contributed by atoms with van der Waals surface area (Å²) >= 11 is 5.76. The normalized spacial score (nSPS) is 16.7. The van der Waals surface area contributed by atoms with E-state index in [2.05, 4.69) is 0 Å². The summed E-state index contributed by atoms with van der Waals surface area (Å²) in [5, 5.41) is 5.01. The first-order valence-corrected chi connectivity index (χ1v) is 8.37. The van der Waals surface area contributed by atoms with E-state index in [0.717, 1.165) is 18.9 Å². The number of rotatable bonds is 4. The SMILES string of the molecule is NS(=O)(=O)c1cc(C(=O)OCC2CCOCC2)ccc1Cl. The van der Waals surface area contributed by atoms with Crippen molar-refractivity contribution in [3.63, 3.8) is 0 Å². The number of benzene rings is 1. The van der Waals surface area contributed by atoms with E-state index in [1.165, 1.54) is 12.1 Å². The summed E-state index contributed by atoms with van der Waals surface area (Å²) in [5.74, 6) is -0.323. The first-order valence-electron chi connectivity index (χ1n) is 6.45. The zero-order chi connectivity index (χ0) is 15.5. The average Bonchev–Trinajstić information content (AvgIpc) is 2.45. The fraction of sp³-hybridized carbons (Fsp3) is 0.462. The maximum absolute atomic E-state index is 11.9. The van der Waals surface area contributed by atoms with Crippen molar-refractivity contribution < 1.29 is 22.7 Å². The van der Waals surface area contributed by atoms with E-state index in [0.29, 0.717) is 13.2 Å². The highest BCUT2D eigenvalue weighted by Crippen LogP contribution is 2.22. The smallest absolute Gasteiger partial charge is 0.338 e. The highest BCUT2D eigenvalue weighted by Gasteiger charge is 2.19. The molecule has 1 saturated heterocycles. The molecule has 0 spiro atoms. The van der Waals surface area contributed by atoms with Gasteiger partial charge in [0.15, 0.2) is 0 Å². The molecule has 2 N–H and O–H groups in total. The van der Waals surface area contributed by atoms with Crippen LogP contribution in [0.25, 0.3) is 0 Å². The summed E-state index contributed by atoms with van der Waals surface area (Å²) in [4.78, 5) is 11.7. The topological polar surface area (TPSA) is 95.7 Å². The van der Waals surface area contributed by atoms with E-state index < -0.39 is 16.0 Å². The van der Waals surface area contributed by atoms with E-state index in [-0.39, 0.29) is 28.0 Å². The Labute approximate surface area is 128 Å². The average molecular weight is 334 g/mol. The number of sulfonamides is 1. The second-order valence-corrected chi connectivity index (χ2v) is 6.78. The summed E-state index contributed by atoms with van der Waals surface area (Å²) in [6.07, 6.45) is 1.69. The van der Waals surface area contributed by atoms with Gasteiger partial charge in [-0.1, -0.05) is 11.6 Å². The minimum Gasteiger partial charge on any atom is -0.462 e. The minimum atomic E-state index is -3.98. The monoisotopic (exact) mass is 333 g/mol. The lowest BCUT2D eigenvalue weighted by Gasteiger charge is -2.21. The first-order chi connectivity index (χ1) is 9.88. The van der Waals surface area contributed by atoms with Gasteiger partial charge in [-0.2, -0.15) is 0 Å². The van der Waals surface area contributed by atoms with E-state index >= 15 is 0 Å². The molecule has 0 atom stereocenters. The second kappa shape index (κ2) is 6.74. The summed E-state index contributed by atoms with van der Waals surface area (Å²) in [6.45, 7) is 1.62. The molecule has 8 heteroatoms. The van der Waals surface area contributed by atoms with Crippen molar-refractivity contribution >= 4 is 27.6 Å². The van der Waals surface area contributed by atoms with E-state index in [4.69, 9.17) is 26.2 Å². The van der Waals surface area contributed by atoms with Crippen LogP contribution in [0.5, 0.6) is 0 Å². The van der Waals surface area contributed by atoms with Crippen LogP contribution in [-0.4, -0.2) is 34.2 Å². The minimum absolute atomic E-state index is 0.0292. The third-order valence-corrected chi connectivity index (χ3v) is 4.66. The summed E-state index contributed by atoms with van der Waals surface area (Å²) in [5.41, 5.74) is 0.107. The molecule has 6 nitrogen and oxygen atoms in total. The third-order valence-electron chi connectivity index (χ3n) is 3.26. The maximum atomic E-state index is 11.9. The number of esters is 1. The molecule has 0 radical (unpaired) electrons. The Bertz CT molecular complexity index is 625. The van der Waals surface area contributed by atoms with Crippen molar-refractivity contribution in [3.05, 3.63) is 28.8 Å². The van der Waals surface area contributed by atoms with Crippen LogP contribution in [-0.2, 0) is 19.5 Å². The van der Waals surface area contributed by atoms with Gasteiger partial charge in [-0.25, -0.2) is 18.4 Å². The molecule has 2 rings (SSSR count). The van der Waals surface area contributed by atoms with Gasteiger partial charge in [-0.3, -0.25) is 0 Å². The lowest BCUT2D eigenvalue weighted by molar-refractivity contribution is 0.0185. The molecule has 0 amide bonds. The number of hydrogen-bond donors (Lipinski definition) is 1. The zero-order valence-electron chi connectivity index (χ0n) is 11.2. The molecule has 116 valence electrons. The lowest BCUT2D eigenvalue weighted by atomic mass is 10.0. The second-order valence-electron chi connectivity index (χ2n) is 4.84. The van der Waals surface area contributed by atoms with Gasteiger partial charge < -0.3 is 9.47 Å². The summed E-state index contributed by atoms with van der Waals surface area (Å²) in [6, 6.07) is 3.85. The van der Waals surface area contributed by atoms with Crippen LogP contribution in [0.2, 0.25) is 5.02 Å². The molecule has 1 aromatic rings. The Kier molecular flexibility index (Phi) is 5.21. The number of hydrogen-bond acceptors (Lipinski definition) is 5. The third kappa shape index (κ3) is 4.41. The van der Waals surface area contributed by atoms with E-state index in [9.17, 15) is 13.2 Å². The Hall–Kier alpha value is -1.15. The van der Waals surface area contributed by atoms with Crippen molar-refractivity contribution in [2.24, 2.45) is 11.1 Å². The van der Waals surface area contributed by atoms with Crippen molar-refractivity contribution in [2.45, 2.75) is 17.7 Å². The number of carbonyl (C=O) groups is 1. The molecule has 0 aliphatic carbocycles. The van der Waals surface area contributed by atoms with Gasteiger partial charge in [0, 0.05) is 13.2 Å². The Morgan fingerprint density at radius 3 is 2.67 bits per heavy atom. The quantitative estimate of drug-likeness (QED) is 0.844. The standard InChI is InChI=1S/C13H16ClNO5S/c14-11-2-1-10(7-12(11)21(15,17)18)13(16)20-8-9-3-5-19-6-4-9/h1-2,7,9H,3-6,8H2,(H2,15,17,18). The van der Waals surface area contributed by atoms with E-state index in [1.807, 2.05) is 0 Å². The molecule has 1 heterocycles. The van der Waals surface area contributed by atoms with Gasteiger partial charge in [0.2, 0.25) is 10.0 Å². The molecular formula is C13H16ClNO5S. The molecule has 1 aliphatic rings. The van der Waals surface area contributed by atoms with Crippen molar-refractivity contribution in [1.29, 1.82) is 0 Å². The van der Waals surface area contributed by atoms with Crippen LogP contribution in [0.15, 0.2) is 23.1 Å². The Morgan fingerprint density at radius 1 is 1.38 bits per heavy atom. The number of ether oxygens (including phenoxy) is 2. The van der Waals surface area contributed by atoms with Gasteiger partial charge in [0.25, 0.3) is 0 Å². The highest BCUT2D eigenvalue weighted by atomic mass is 35.5. The van der Waals surface area contributed by atoms with Crippen molar-refractivity contribution in [3.8, 4) is 0 Å². The van der Waals surface area contributed by atoms with Gasteiger partial charge >= 0.3 is 5.97 Å². The molecular weight excluding hydrogens is 318 g/mol. The van der Waals surface area contributed by atoms with Gasteiger partial charge in [0.1, 0.15) is 4.90 Å². The highest BCUT2D eigenvalue weighted by molar-refractivity contribution is 7.89. The van der Waals surface area contributed by atoms with Crippen LogP contribution in [0.3, 0.4) is 0 Å². The largest absolute Gasteiger partial charge is 0.462 e. The number of carbonyl (C=O) groups excluding carboxylic acids is 1. The number of primary sulfonamides is 1. The predicted octanol–water partition coefficient (Wildman–Crippen LogP) is 1.57. The molecule has 0 aromatic heterocycles. The first kappa shape index (κ1) is 16.2. The van der Waals surface area contributed by atoms with Gasteiger partial charge in [-0.15, -0.1) is 0 Å². The Balaban J connectivity index is 2.05. The molecule has 0 bridgehead atoms. The van der Waals surface area contributed by atoms with Crippen molar-refractivity contribution in [2.75, 3.05) is 19.8 Å². The molecule has 21 heavy (non-hydrogen) atoms. The molecule has 1 aliphatic heterocycles. The van der Waals surface area contributed by atoms with Crippen LogP contribution < -0.4 is 5.14 Å². The Morgan fingerprint density at radius 2 is 2.05 bits per heavy atom. The zero-order valence-corrected chi connectivity index (χ0v) is 12.8. The molecule has 0 saturated carbocycles. The fourth-order valence-corrected chi connectivity index (χ4v) is 3.11. The van der Waals surface area contributed by atoms with Crippen LogP contribution in [0, 0.1) is 5.92 Å². The number of halogens is 1. The van der Waals surface area contributed by atoms with Gasteiger partial charge in [0.05, 0.1) is 17.2 Å².